The fourth-order valence-electron chi connectivity index (χ4n) is 9.74. The summed E-state index contributed by atoms with van der Waals surface area (Å²) in [5.41, 5.74) is 2.51. The van der Waals surface area contributed by atoms with E-state index >= 15 is 0 Å². The van der Waals surface area contributed by atoms with Crippen LogP contribution < -0.4 is 0 Å². The van der Waals surface area contributed by atoms with Gasteiger partial charge in [0.1, 0.15) is 24.9 Å². The van der Waals surface area contributed by atoms with Crippen molar-refractivity contribution in [3.63, 3.8) is 0 Å². The average Bonchev–Trinajstić information content (AvgIpc) is 3.23. The molecular weight excluding hydrogens is 773 g/mol. The van der Waals surface area contributed by atoms with Gasteiger partial charge in [0.05, 0.1) is 36.2 Å². The number of oxime groups is 1. The number of ether oxygens (including phenoxy) is 5. The molecule has 14 heteroatoms. The number of Topliss-reactive ketones (excluding diaryl/α,β-unsaturated/α-hetero) is 1. The molecular formula is C46H76N2O12. The summed E-state index contributed by atoms with van der Waals surface area (Å²) in [6.07, 6.45) is 5.72. The number of rotatable bonds is 9. The zero-order valence-corrected chi connectivity index (χ0v) is 38.0. The number of esters is 1. The fraction of sp³-hybridized carbons (Fsp3) is 0.826. The van der Waals surface area contributed by atoms with Gasteiger partial charge in [-0.1, -0.05) is 57.5 Å². The van der Waals surface area contributed by atoms with Gasteiger partial charge in [0.2, 0.25) is 5.79 Å². The number of carbonyl (C=O) groups excluding carboxylic acids is 3. The Labute approximate surface area is 358 Å². The van der Waals surface area contributed by atoms with E-state index in [0.29, 0.717) is 63.7 Å². The molecule has 0 unspecified atom stereocenters. The molecule has 4 aliphatic rings. The Bertz CT molecular complexity index is 1520. The van der Waals surface area contributed by atoms with Crippen LogP contribution in [0.3, 0.4) is 0 Å². The number of nitrogens with zero attached hydrogens (tertiary/aromatic N) is 2. The quantitative estimate of drug-likeness (QED) is 0.0850. The molecule has 60 heavy (non-hydrogen) atoms. The van der Waals surface area contributed by atoms with Crippen molar-refractivity contribution in [3.05, 3.63) is 23.3 Å². The standard InChI is InChI=1S/C46H76N2O12/c1-11-19-58-47-34-26-37(50)31(7)41(29(5)23-32-16-17-36(49)38(25-32)55-8)59-45(53)35-15-13-14-18-48(35)44(52)43(51)46(54)30(6)24-40(57-10)42(60-46)39(56-9)22-28(4)20-27(3)21-33(34)12-2/h21,23,28,30-33,35-42,49-50,54H,11-20,22,24-26H2,1-10H3/b27-21+,29-23+,47-34-/t28-,30+,31+,32-,33+,35-,36+,37-,38+,39-,40-,41+,42+,46+/m0/s1. The van der Waals surface area contributed by atoms with E-state index in [-0.39, 0.29) is 49.7 Å². The number of aliphatic hydroxyl groups is 3. The van der Waals surface area contributed by atoms with Crippen LogP contribution in [0.2, 0.25) is 0 Å². The first-order valence-electron chi connectivity index (χ1n) is 22.5. The molecule has 3 fully saturated rings. The molecule has 3 heterocycles. The van der Waals surface area contributed by atoms with Gasteiger partial charge in [-0.3, -0.25) is 9.59 Å². The van der Waals surface area contributed by atoms with Crippen molar-refractivity contribution in [1.82, 2.24) is 4.90 Å². The number of aliphatic hydroxyl groups excluding tert-OH is 2. The Morgan fingerprint density at radius 2 is 1.62 bits per heavy atom. The minimum absolute atomic E-state index is 0.0222. The number of ketones is 1. The van der Waals surface area contributed by atoms with Gasteiger partial charge in [0, 0.05) is 52.0 Å². The highest BCUT2D eigenvalue weighted by atomic mass is 16.7. The van der Waals surface area contributed by atoms with Crippen LogP contribution in [0.25, 0.3) is 0 Å². The minimum atomic E-state index is -2.49. The van der Waals surface area contributed by atoms with Crippen molar-refractivity contribution in [1.29, 1.82) is 0 Å². The smallest absolute Gasteiger partial charge is 0.329 e. The molecule has 0 aromatic heterocycles. The van der Waals surface area contributed by atoms with Crippen LogP contribution in [0.15, 0.2) is 28.5 Å². The second-order valence-corrected chi connectivity index (χ2v) is 18.1. The van der Waals surface area contributed by atoms with Gasteiger partial charge in [-0.25, -0.2) is 4.79 Å². The summed E-state index contributed by atoms with van der Waals surface area (Å²) < 4.78 is 30.1. The highest BCUT2D eigenvalue weighted by Gasteiger charge is 2.56. The third kappa shape index (κ3) is 12.3. The van der Waals surface area contributed by atoms with Crippen LogP contribution >= 0.6 is 0 Å². The zero-order valence-electron chi connectivity index (χ0n) is 38.0. The maximum Gasteiger partial charge on any atom is 0.329 e. The maximum atomic E-state index is 14.5. The minimum Gasteiger partial charge on any atom is -0.456 e. The summed E-state index contributed by atoms with van der Waals surface area (Å²) in [6.45, 7) is 14.1. The number of hydrogen-bond donors (Lipinski definition) is 3. The van der Waals surface area contributed by atoms with Crippen molar-refractivity contribution in [2.24, 2.45) is 34.7 Å². The van der Waals surface area contributed by atoms with Crippen molar-refractivity contribution in [2.45, 2.75) is 180 Å². The van der Waals surface area contributed by atoms with E-state index in [4.69, 9.17) is 28.5 Å². The van der Waals surface area contributed by atoms with E-state index < -0.39 is 77.9 Å². The molecule has 3 N–H and O–H groups in total. The number of piperidine rings is 1. The van der Waals surface area contributed by atoms with Crippen molar-refractivity contribution >= 4 is 23.4 Å². The number of amides is 1. The van der Waals surface area contributed by atoms with Crippen molar-refractivity contribution in [3.8, 4) is 0 Å². The van der Waals surface area contributed by atoms with Gasteiger partial charge in [-0.15, -0.1) is 0 Å². The third-order valence-electron chi connectivity index (χ3n) is 13.4. The van der Waals surface area contributed by atoms with Crippen LogP contribution in [0.1, 0.15) is 126 Å². The Kier molecular flexibility index (Phi) is 19.2. The van der Waals surface area contributed by atoms with E-state index in [0.717, 1.165) is 17.6 Å². The predicted octanol–water partition coefficient (Wildman–Crippen LogP) is 5.69. The Hall–Kier alpha value is -2.72. The summed E-state index contributed by atoms with van der Waals surface area (Å²) in [5, 5.41) is 39.3. The van der Waals surface area contributed by atoms with Gasteiger partial charge < -0.3 is 48.7 Å². The van der Waals surface area contributed by atoms with Gasteiger partial charge in [-0.05, 0) is 102 Å². The highest BCUT2D eigenvalue weighted by molar-refractivity contribution is 6.39. The second kappa shape index (κ2) is 23.1. The van der Waals surface area contributed by atoms with Gasteiger partial charge in [0.15, 0.2) is 0 Å². The summed E-state index contributed by atoms with van der Waals surface area (Å²) in [4.78, 5) is 50.1. The number of methoxy groups -OCH3 is 3. The van der Waals surface area contributed by atoms with Gasteiger partial charge >= 0.3 is 5.97 Å². The maximum absolute atomic E-state index is 14.5. The van der Waals surface area contributed by atoms with Crippen LogP contribution in [0.4, 0.5) is 0 Å². The van der Waals surface area contributed by atoms with Crippen molar-refractivity contribution < 1.29 is 58.2 Å². The topological polar surface area (TPSA) is 183 Å². The molecule has 342 valence electrons. The molecule has 0 radical (unpaired) electrons. The lowest BCUT2D eigenvalue weighted by Crippen LogP contribution is -2.64. The fourth-order valence-corrected chi connectivity index (χ4v) is 9.74. The molecule has 3 aliphatic heterocycles. The molecule has 14 atom stereocenters. The summed E-state index contributed by atoms with van der Waals surface area (Å²) >= 11 is 0. The van der Waals surface area contributed by atoms with Crippen LogP contribution in [0, 0.1) is 29.6 Å². The van der Waals surface area contributed by atoms with E-state index in [2.05, 4.69) is 32.0 Å². The molecule has 1 saturated carbocycles. The normalized spacial score (nSPS) is 40.2. The highest BCUT2D eigenvalue weighted by Crippen LogP contribution is 2.39. The molecule has 2 bridgehead atoms. The summed E-state index contributed by atoms with van der Waals surface area (Å²) in [7, 11) is 4.70. The molecule has 0 aromatic carbocycles. The first-order chi connectivity index (χ1) is 28.5. The Morgan fingerprint density at radius 3 is 2.27 bits per heavy atom. The SMILES string of the molecule is CCCO/N=C1/C[C@H](O)[C@@H](C)[C@@H](/C(C)=C/[C@@H]2CC[C@@H](O)[C@H](OC)C2)OC(=O)[C@@H]2CCCCN2C(=O)C(=O)[C@]2(O)O[C@H]([C@@H](OC)C[C@@H](C)C/C(C)=C/[C@H]1CC)[C@@H](OC)C[C@H]2C. The number of fused-ring (bicyclic) bond motifs is 3. The zero-order chi connectivity index (χ0) is 44.3. The van der Waals surface area contributed by atoms with Crippen molar-refractivity contribution in [2.75, 3.05) is 34.5 Å². The number of allylic oxidation sites excluding steroid dienone is 3. The molecule has 1 aliphatic carbocycles. The lowest BCUT2D eigenvalue weighted by atomic mass is 9.81. The van der Waals surface area contributed by atoms with Gasteiger partial charge in [-0.2, -0.15) is 0 Å². The molecule has 0 spiro atoms. The van der Waals surface area contributed by atoms with Crippen LogP contribution in [0.5, 0.6) is 0 Å². The van der Waals surface area contributed by atoms with E-state index in [9.17, 15) is 29.7 Å². The number of cyclic esters (lactones) is 1. The van der Waals surface area contributed by atoms with Gasteiger partial charge in [0.25, 0.3) is 11.7 Å². The van der Waals surface area contributed by atoms with E-state index in [1.807, 2.05) is 26.8 Å². The lowest BCUT2D eigenvalue weighted by Gasteiger charge is -2.47. The summed E-state index contributed by atoms with van der Waals surface area (Å²) in [6, 6.07) is -1.11. The number of carbonyl (C=O) groups is 3. The molecule has 2 saturated heterocycles. The first kappa shape index (κ1) is 49.9. The Balaban J connectivity index is 1.82. The monoisotopic (exact) mass is 849 g/mol. The molecule has 0 aromatic rings. The average molecular weight is 849 g/mol. The first-order valence-corrected chi connectivity index (χ1v) is 22.5. The van der Waals surface area contributed by atoms with E-state index in [1.165, 1.54) is 4.90 Å². The van der Waals surface area contributed by atoms with Crippen LogP contribution in [-0.4, -0.2) is 133 Å². The molecule has 4 rings (SSSR count). The third-order valence-corrected chi connectivity index (χ3v) is 13.4. The molecule has 14 nitrogen and oxygen atoms in total. The lowest BCUT2D eigenvalue weighted by molar-refractivity contribution is -0.302. The summed E-state index contributed by atoms with van der Waals surface area (Å²) in [5.74, 6) is -6.85. The van der Waals surface area contributed by atoms with Crippen LogP contribution in [-0.2, 0) is 42.9 Å². The number of hydrogen-bond acceptors (Lipinski definition) is 13. The second-order valence-electron chi connectivity index (χ2n) is 18.1. The Morgan fingerprint density at radius 1 is 0.933 bits per heavy atom. The largest absolute Gasteiger partial charge is 0.456 e. The predicted molar refractivity (Wildman–Crippen MR) is 227 cm³/mol. The van der Waals surface area contributed by atoms with E-state index in [1.54, 1.807) is 28.3 Å². The molecule has 1 amide bonds.